The van der Waals surface area contributed by atoms with Crippen molar-refractivity contribution < 1.29 is 19.8 Å². The molecular formula is C18H20N6O4S. The molecule has 2 heterocycles. The van der Waals surface area contributed by atoms with Gasteiger partial charge in [-0.2, -0.15) is 4.98 Å². The summed E-state index contributed by atoms with van der Waals surface area (Å²) in [5, 5.41) is 21.4. The van der Waals surface area contributed by atoms with E-state index in [0.29, 0.717) is 16.2 Å². The molecule has 0 aliphatic carbocycles. The molecule has 0 bridgehead atoms. The van der Waals surface area contributed by atoms with Gasteiger partial charge in [-0.05, 0) is 23.6 Å². The first-order valence-electron chi connectivity index (χ1n) is 8.56. The zero-order valence-electron chi connectivity index (χ0n) is 15.9. The number of nitrogens with one attached hydrogen (secondary N) is 2. The van der Waals surface area contributed by atoms with E-state index in [1.807, 2.05) is 20.8 Å². The van der Waals surface area contributed by atoms with Gasteiger partial charge < -0.3 is 26.2 Å². The van der Waals surface area contributed by atoms with Crippen molar-refractivity contribution in [3.63, 3.8) is 0 Å². The fourth-order valence-electron chi connectivity index (χ4n) is 2.64. The summed E-state index contributed by atoms with van der Waals surface area (Å²) in [5.41, 5.74) is 6.21. The SMILES string of the molecule is CC(C)(C)C(Sc1nc(N)nc2nc[nH]c12)C(=O)Nc1ccc(O)c(C(=O)O)c1. The van der Waals surface area contributed by atoms with Crippen molar-refractivity contribution in [3.05, 3.63) is 30.1 Å². The summed E-state index contributed by atoms with van der Waals surface area (Å²) >= 11 is 1.20. The highest BCUT2D eigenvalue weighted by Crippen LogP contribution is 2.37. The minimum atomic E-state index is -1.29. The second-order valence-corrected chi connectivity index (χ2v) is 8.47. The van der Waals surface area contributed by atoms with Crippen LogP contribution in [0.4, 0.5) is 11.6 Å². The fraction of sp³-hybridized carbons (Fsp3) is 0.278. The van der Waals surface area contributed by atoms with E-state index >= 15 is 0 Å². The number of imidazole rings is 1. The number of hydrogen-bond donors (Lipinski definition) is 5. The van der Waals surface area contributed by atoms with E-state index in [1.54, 1.807) is 0 Å². The molecule has 6 N–H and O–H groups in total. The number of H-pyrrole nitrogens is 1. The number of carbonyl (C=O) groups excluding carboxylic acids is 1. The molecule has 0 radical (unpaired) electrons. The van der Waals surface area contributed by atoms with Gasteiger partial charge in [0.1, 0.15) is 21.9 Å². The number of aromatic carboxylic acids is 1. The Morgan fingerprint density at radius 1 is 1.28 bits per heavy atom. The first-order chi connectivity index (χ1) is 13.6. The van der Waals surface area contributed by atoms with Crippen LogP contribution in [0.2, 0.25) is 0 Å². The van der Waals surface area contributed by atoms with Crippen molar-refractivity contribution in [1.29, 1.82) is 0 Å². The van der Waals surface area contributed by atoms with Gasteiger partial charge in [0, 0.05) is 5.69 Å². The average molecular weight is 416 g/mol. The van der Waals surface area contributed by atoms with Gasteiger partial charge in [-0.25, -0.2) is 14.8 Å². The third-order valence-electron chi connectivity index (χ3n) is 4.02. The Morgan fingerprint density at radius 3 is 2.66 bits per heavy atom. The molecule has 0 saturated carbocycles. The van der Waals surface area contributed by atoms with E-state index in [-0.39, 0.29) is 28.9 Å². The number of aromatic nitrogens is 4. The van der Waals surface area contributed by atoms with Crippen LogP contribution in [0.1, 0.15) is 31.1 Å². The van der Waals surface area contributed by atoms with Gasteiger partial charge in [-0.3, -0.25) is 4.79 Å². The largest absolute Gasteiger partial charge is 0.507 e. The lowest BCUT2D eigenvalue weighted by Gasteiger charge is -2.28. The van der Waals surface area contributed by atoms with Crippen LogP contribution in [0.25, 0.3) is 11.2 Å². The van der Waals surface area contributed by atoms with Crippen LogP contribution >= 0.6 is 11.8 Å². The maximum atomic E-state index is 13.0. The van der Waals surface area contributed by atoms with Crippen LogP contribution in [-0.4, -0.2) is 47.3 Å². The number of anilines is 2. The summed E-state index contributed by atoms with van der Waals surface area (Å²) in [5.74, 6) is -1.98. The number of hydrogen-bond acceptors (Lipinski definition) is 8. The Labute approximate surface area is 170 Å². The normalized spacial score (nSPS) is 12.7. The molecule has 2 aromatic heterocycles. The van der Waals surface area contributed by atoms with Crippen LogP contribution in [0.5, 0.6) is 5.75 Å². The maximum absolute atomic E-state index is 13.0. The van der Waals surface area contributed by atoms with Crippen molar-refractivity contribution in [3.8, 4) is 5.75 Å². The summed E-state index contributed by atoms with van der Waals surface area (Å²) in [7, 11) is 0. The molecule has 0 aliphatic rings. The van der Waals surface area contributed by atoms with Gasteiger partial charge in [0.2, 0.25) is 11.9 Å². The standard InChI is InChI=1S/C18H20N6O4S/c1-18(2,3)12(29-15-11-13(21-7-20-11)23-17(19)24-15)14(26)22-8-4-5-10(25)9(6-8)16(27)28/h4-7,12,25H,1-3H3,(H,22,26)(H,27,28)(H3,19,20,21,23,24). The molecule has 0 spiro atoms. The molecule has 1 atom stereocenters. The monoisotopic (exact) mass is 416 g/mol. The first-order valence-corrected chi connectivity index (χ1v) is 9.44. The van der Waals surface area contributed by atoms with E-state index in [9.17, 15) is 14.7 Å². The van der Waals surface area contributed by atoms with Gasteiger partial charge in [-0.15, -0.1) is 0 Å². The lowest BCUT2D eigenvalue weighted by atomic mass is 9.91. The maximum Gasteiger partial charge on any atom is 0.339 e. The molecule has 152 valence electrons. The fourth-order valence-corrected chi connectivity index (χ4v) is 3.79. The Balaban J connectivity index is 1.91. The van der Waals surface area contributed by atoms with Crippen LogP contribution < -0.4 is 11.1 Å². The van der Waals surface area contributed by atoms with E-state index in [0.717, 1.165) is 0 Å². The molecular weight excluding hydrogens is 396 g/mol. The van der Waals surface area contributed by atoms with Gasteiger partial charge in [0.25, 0.3) is 0 Å². The quantitative estimate of drug-likeness (QED) is 0.238. The highest BCUT2D eigenvalue weighted by atomic mass is 32.2. The van der Waals surface area contributed by atoms with Crippen molar-refractivity contribution in [2.75, 3.05) is 11.1 Å². The van der Waals surface area contributed by atoms with Gasteiger partial charge >= 0.3 is 5.97 Å². The van der Waals surface area contributed by atoms with Gasteiger partial charge in [-0.1, -0.05) is 32.5 Å². The summed E-state index contributed by atoms with van der Waals surface area (Å²) in [6.45, 7) is 5.70. The highest BCUT2D eigenvalue weighted by Gasteiger charge is 2.34. The number of fused-ring (bicyclic) bond motifs is 1. The molecule has 0 saturated heterocycles. The Kier molecular flexibility index (Phi) is 5.33. The lowest BCUT2D eigenvalue weighted by molar-refractivity contribution is -0.117. The van der Waals surface area contributed by atoms with Crippen LogP contribution in [0, 0.1) is 5.41 Å². The summed E-state index contributed by atoms with van der Waals surface area (Å²) in [6.07, 6.45) is 1.47. The van der Waals surface area contributed by atoms with Crippen LogP contribution in [0.15, 0.2) is 29.6 Å². The lowest BCUT2D eigenvalue weighted by Crippen LogP contribution is -2.36. The molecule has 1 unspecified atom stereocenters. The molecule has 0 aliphatic heterocycles. The van der Waals surface area contributed by atoms with Crippen molar-refractivity contribution in [1.82, 2.24) is 19.9 Å². The second-order valence-electron chi connectivity index (χ2n) is 7.38. The Morgan fingerprint density at radius 2 is 2.00 bits per heavy atom. The number of amides is 1. The smallest absolute Gasteiger partial charge is 0.339 e. The number of carboxylic acid groups (broad SMARTS) is 1. The predicted molar refractivity (Wildman–Crippen MR) is 109 cm³/mol. The third-order valence-corrected chi connectivity index (χ3v) is 5.69. The minimum Gasteiger partial charge on any atom is -0.507 e. The van der Waals surface area contributed by atoms with Crippen molar-refractivity contribution in [2.45, 2.75) is 31.0 Å². The molecule has 3 aromatic rings. The van der Waals surface area contributed by atoms with Crippen LogP contribution in [-0.2, 0) is 4.79 Å². The molecule has 0 fully saturated rings. The number of nitrogens with two attached hydrogens (primary N) is 1. The molecule has 29 heavy (non-hydrogen) atoms. The molecule has 1 amide bonds. The molecule has 3 rings (SSSR count). The molecule has 1 aromatic carbocycles. The number of aromatic hydroxyl groups is 1. The Bertz CT molecular complexity index is 1090. The summed E-state index contributed by atoms with van der Waals surface area (Å²) < 4.78 is 0. The number of nitrogens with zero attached hydrogens (tertiary/aromatic N) is 3. The molecule has 10 nitrogen and oxygen atoms in total. The van der Waals surface area contributed by atoms with E-state index in [4.69, 9.17) is 10.8 Å². The number of phenols is 1. The minimum absolute atomic E-state index is 0.0461. The zero-order chi connectivity index (χ0) is 21.3. The number of carboxylic acids is 1. The van der Waals surface area contributed by atoms with Gasteiger partial charge in [0.15, 0.2) is 5.65 Å². The number of rotatable bonds is 5. The van der Waals surface area contributed by atoms with Gasteiger partial charge in [0.05, 0.1) is 11.6 Å². The first kappa shape index (κ1) is 20.4. The Hall–Kier alpha value is -3.34. The van der Waals surface area contributed by atoms with E-state index in [2.05, 4.69) is 25.3 Å². The number of aromatic amines is 1. The second kappa shape index (κ2) is 7.59. The zero-order valence-corrected chi connectivity index (χ0v) is 16.7. The number of thioether (sulfide) groups is 1. The average Bonchev–Trinajstić information content (AvgIpc) is 3.08. The van der Waals surface area contributed by atoms with Crippen LogP contribution in [0.3, 0.4) is 0 Å². The number of benzene rings is 1. The topological polar surface area (TPSA) is 167 Å². The summed E-state index contributed by atoms with van der Waals surface area (Å²) in [6, 6.07) is 3.85. The third kappa shape index (κ3) is 4.40. The number of nitrogen functional groups attached to an aromatic ring is 1. The van der Waals surface area contributed by atoms with Crippen molar-refractivity contribution >= 4 is 46.4 Å². The molecule has 11 heteroatoms. The summed E-state index contributed by atoms with van der Waals surface area (Å²) in [4.78, 5) is 39.6. The van der Waals surface area contributed by atoms with E-state index < -0.39 is 16.6 Å². The van der Waals surface area contributed by atoms with Crippen molar-refractivity contribution in [2.24, 2.45) is 5.41 Å². The highest BCUT2D eigenvalue weighted by molar-refractivity contribution is 8.00. The number of carbonyl (C=O) groups is 2. The van der Waals surface area contributed by atoms with E-state index in [1.165, 1.54) is 36.3 Å². The predicted octanol–water partition coefficient (Wildman–Crippen LogP) is 2.48.